The monoisotopic (exact) mass is 348 g/mol. The van der Waals surface area contributed by atoms with Crippen LogP contribution in [0.2, 0.25) is 5.02 Å². The Morgan fingerprint density at radius 3 is 2.67 bits per heavy atom. The highest BCUT2D eigenvalue weighted by Gasteiger charge is 2.30. The van der Waals surface area contributed by atoms with Gasteiger partial charge < -0.3 is 5.73 Å². The number of thioether (sulfide) groups is 1. The molecule has 4 nitrogen and oxygen atoms in total. The van der Waals surface area contributed by atoms with E-state index in [9.17, 15) is 8.42 Å². The fourth-order valence-corrected chi connectivity index (χ4v) is 5.60. The molecule has 1 fully saturated rings. The van der Waals surface area contributed by atoms with E-state index in [0.717, 1.165) is 31.2 Å². The Morgan fingerprint density at radius 1 is 1.33 bits per heavy atom. The molecule has 1 aromatic carbocycles. The molecule has 2 unspecified atom stereocenters. The van der Waals surface area contributed by atoms with E-state index in [0.29, 0.717) is 10.9 Å². The summed E-state index contributed by atoms with van der Waals surface area (Å²) in [6, 6.07) is 2.99. The van der Waals surface area contributed by atoms with Crippen LogP contribution in [0.15, 0.2) is 17.0 Å². The Kier molecular flexibility index (Phi) is 5.46. The highest BCUT2D eigenvalue weighted by molar-refractivity contribution is 7.99. The minimum atomic E-state index is -3.65. The molecule has 7 heteroatoms. The van der Waals surface area contributed by atoms with E-state index < -0.39 is 10.0 Å². The van der Waals surface area contributed by atoms with Gasteiger partial charge in [-0.2, -0.15) is 11.8 Å². The Balaban J connectivity index is 2.28. The van der Waals surface area contributed by atoms with E-state index in [1.165, 1.54) is 6.07 Å². The molecule has 0 amide bonds. The number of rotatable bonds is 4. The molecule has 1 aromatic rings. The van der Waals surface area contributed by atoms with Gasteiger partial charge in [0.25, 0.3) is 0 Å². The lowest BCUT2D eigenvalue weighted by Gasteiger charge is -2.30. The average Bonchev–Trinajstić information content (AvgIpc) is 2.43. The quantitative estimate of drug-likeness (QED) is 0.820. The zero-order valence-corrected chi connectivity index (χ0v) is 14.6. The second kappa shape index (κ2) is 6.77. The number of aryl methyl sites for hydroxylation is 1. The predicted octanol–water partition coefficient (Wildman–Crippen LogP) is 3.18. The molecular weight excluding hydrogens is 328 g/mol. The maximum atomic E-state index is 12.6. The minimum absolute atomic E-state index is 0.0441. The van der Waals surface area contributed by atoms with E-state index in [-0.39, 0.29) is 16.0 Å². The molecular formula is C14H21ClN2O2S2. The lowest BCUT2D eigenvalue weighted by atomic mass is 9.96. The molecule has 2 atom stereocenters. The van der Waals surface area contributed by atoms with Gasteiger partial charge in [-0.05, 0) is 43.7 Å². The Morgan fingerprint density at radius 2 is 2.00 bits per heavy atom. The molecule has 0 radical (unpaired) electrons. The average molecular weight is 349 g/mol. The van der Waals surface area contributed by atoms with Gasteiger partial charge in [0.05, 0.1) is 5.02 Å². The van der Waals surface area contributed by atoms with E-state index in [2.05, 4.69) is 4.72 Å². The van der Waals surface area contributed by atoms with Crippen LogP contribution in [-0.4, -0.2) is 26.0 Å². The number of halogens is 1. The van der Waals surface area contributed by atoms with Crippen molar-refractivity contribution in [2.24, 2.45) is 0 Å². The summed E-state index contributed by atoms with van der Waals surface area (Å²) >= 11 is 7.81. The molecule has 118 valence electrons. The van der Waals surface area contributed by atoms with Crippen molar-refractivity contribution in [1.29, 1.82) is 0 Å². The van der Waals surface area contributed by atoms with Crippen molar-refractivity contribution in [2.45, 2.75) is 48.8 Å². The summed E-state index contributed by atoms with van der Waals surface area (Å²) in [7, 11) is -3.65. The zero-order valence-electron chi connectivity index (χ0n) is 12.2. The largest absolute Gasteiger partial charge is 0.398 e. The summed E-state index contributed by atoms with van der Waals surface area (Å²) in [6.45, 7) is 1.80. The van der Waals surface area contributed by atoms with Gasteiger partial charge in [-0.3, -0.25) is 0 Å². The maximum absolute atomic E-state index is 12.6. The van der Waals surface area contributed by atoms with Crippen LogP contribution in [-0.2, 0) is 10.0 Å². The van der Waals surface area contributed by atoms with Crippen LogP contribution in [0.3, 0.4) is 0 Å². The molecule has 0 bridgehead atoms. The highest BCUT2D eigenvalue weighted by atomic mass is 35.5. The molecule has 0 heterocycles. The third-order valence-corrected chi connectivity index (χ3v) is 7.05. The first-order chi connectivity index (χ1) is 9.85. The van der Waals surface area contributed by atoms with Crippen LogP contribution in [0, 0.1) is 6.92 Å². The summed E-state index contributed by atoms with van der Waals surface area (Å²) in [6.07, 6.45) is 6.13. The summed E-state index contributed by atoms with van der Waals surface area (Å²) in [5, 5.41) is 0.529. The van der Waals surface area contributed by atoms with E-state index >= 15 is 0 Å². The second-order valence-corrected chi connectivity index (χ2v) is 8.59. The van der Waals surface area contributed by atoms with Gasteiger partial charge in [-0.25, -0.2) is 13.1 Å². The summed E-state index contributed by atoms with van der Waals surface area (Å²) in [4.78, 5) is 0.0673. The van der Waals surface area contributed by atoms with E-state index in [1.807, 2.05) is 6.26 Å². The lowest BCUT2D eigenvalue weighted by molar-refractivity contribution is 0.423. The molecule has 0 saturated heterocycles. The molecule has 0 spiro atoms. The molecule has 1 saturated carbocycles. The number of sulfonamides is 1. The smallest absolute Gasteiger partial charge is 0.242 e. The standard InChI is InChI=1S/C14H21ClN2O2S2/c1-9-7-10(15)14(8-11(9)16)21(18,19)17-12-5-3-4-6-13(12)20-2/h7-8,12-13,17H,3-6,16H2,1-2H3. The molecule has 21 heavy (non-hydrogen) atoms. The number of hydrogen-bond acceptors (Lipinski definition) is 4. The minimum Gasteiger partial charge on any atom is -0.398 e. The maximum Gasteiger partial charge on any atom is 0.242 e. The first kappa shape index (κ1) is 16.9. The molecule has 2 rings (SSSR count). The van der Waals surface area contributed by atoms with Crippen LogP contribution >= 0.6 is 23.4 Å². The molecule has 0 aliphatic heterocycles. The van der Waals surface area contributed by atoms with Crippen LogP contribution in [0.4, 0.5) is 5.69 Å². The topological polar surface area (TPSA) is 72.2 Å². The van der Waals surface area contributed by atoms with Crippen molar-refractivity contribution in [3.63, 3.8) is 0 Å². The molecule has 1 aliphatic rings. The normalized spacial score (nSPS) is 23.2. The van der Waals surface area contributed by atoms with Gasteiger partial charge in [0.15, 0.2) is 0 Å². The number of hydrogen-bond donors (Lipinski definition) is 2. The van der Waals surface area contributed by atoms with Gasteiger partial charge in [0.2, 0.25) is 10.0 Å². The number of anilines is 1. The van der Waals surface area contributed by atoms with Crippen molar-refractivity contribution in [2.75, 3.05) is 12.0 Å². The molecule has 1 aliphatic carbocycles. The van der Waals surface area contributed by atoms with Crippen LogP contribution < -0.4 is 10.5 Å². The van der Waals surface area contributed by atoms with Crippen molar-refractivity contribution >= 4 is 39.1 Å². The number of nitrogens with one attached hydrogen (secondary N) is 1. The van der Waals surface area contributed by atoms with Crippen molar-refractivity contribution in [3.8, 4) is 0 Å². The first-order valence-corrected chi connectivity index (χ1v) is 10.1. The van der Waals surface area contributed by atoms with Crippen LogP contribution in [0.1, 0.15) is 31.2 Å². The second-order valence-electron chi connectivity index (χ2n) is 5.43. The molecule has 3 N–H and O–H groups in total. The van der Waals surface area contributed by atoms with E-state index in [1.54, 1.807) is 24.8 Å². The molecule has 0 aromatic heterocycles. The van der Waals surface area contributed by atoms with Crippen LogP contribution in [0.5, 0.6) is 0 Å². The van der Waals surface area contributed by atoms with Gasteiger partial charge >= 0.3 is 0 Å². The van der Waals surface area contributed by atoms with Gasteiger partial charge in [0.1, 0.15) is 4.90 Å². The van der Waals surface area contributed by atoms with Gasteiger partial charge in [0, 0.05) is 17.0 Å². The Labute approximate surface area is 135 Å². The predicted molar refractivity (Wildman–Crippen MR) is 90.5 cm³/mol. The van der Waals surface area contributed by atoms with E-state index in [4.69, 9.17) is 17.3 Å². The van der Waals surface area contributed by atoms with Crippen molar-refractivity contribution < 1.29 is 8.42 Å². The van der Waals surface area contributed by atoms with Crippen molar-refractivity contribution in [1.82, 2.24) is 4.72 Å². The summed E-state index contributed by atoms with van der Waals surface area (Å²) < 4.78 is 28.0. The third kappa shape index (κ3) is 3.86. The van der Waals surface area contributed by atoms with Crippen LogP contribution in [0.25, 0.3) is 0 Å². The lowest BCUT2D eigenvalue weighted by Crippen LogP contribution is -2.43. The van der Waals surface area contributed by atoms with Gasteiger partial charge in [-0.15, -0.1) is 0 Å². The van der Waals surface area contributed by atoms with Gasteiger partial charge in [-0.1, -0.05) is 24.4 Å². The number of benzene rings is 1. The number of nitrogen functional groups attached to an aromatic ring is 1. The SMILES string of the molecule is CSC1CCCCC1NS(=O)(=O)c1cc(N)c(C)cc1Cl. The van der Waals surface area contributed by atoms with Crippen molar-refractivity contribution in [3.05, 3.63) is 22.7 Å². The summed E-state index contributed by atoms with van der Waals surface area (Å²) in [5.41, 5.74) is 7.03. The highest BCUT2D eigenvalue weighted by Crippen LogP contribution is 2.31. The zero-order chi connectivity index (χ0) is 15.6. The Hall–Kier alpha value is -0.430. The number of nitrogens with two attached hydrogens (primary N) is 1. The first-order valence-electron chi connectivity index (χ1n) is 6.96. The summed E-state index contributed by atoms with van der Waals surface area (Å²) in [5.74, 6) is 0. The third-order valence-electron chi connectivity index (χ3n) is 3.92. The fourth-order valence-electron chi connectivity index (χ4n) is 2.65. The Bertz CT molecular complexity index is 620. The fraction of sp³-hybridized carbons (Fsp3) is 0.571.